The minimum absolute atomic E-state index is 0.370. The molecular formula is C11H18BrNO2S2. The minimum Gasteiger partial charge on any atom is -0.206 e. The normalized spacial score (nSPS) is 13.0. The van der Waals surface area contributed by atoms with Gasteiger partial charge >= 0.3 is 0 Å². The monoisotopic (exact) mass is 339 g/mol. The van der Waals surface area contributed by atoms with E-state index in [1.807, 2.05) is 27.7 Å². The number of aryl methyl sites for hydroxylation is 1. The molecule has 0 radical (unpaired) electrons. The minimum atomic E-state index is -3.41. The summed E-state index contributed by atoms with van der Waals surface area (Å²) in [6, 6.07) is 1.70. The highest BCUT2D eigenvalue weighted by Crippen LogP contribution is 2.31. The van der Waals surface area contributed by atoms with Gasteiger partial charge in [-0.1, -0.05) is 13.8 Å². The van der Waals surface area contributed by atoms with E-state index in [1.165, 1.54) is 11.3 Å². The zero-order valence-electron chi connectivity index (χ0n) is 10.5. The number of rotatable bonds is 5. The fraction of sp³-hybridized carbons (Fsp3) is 0.636. The number of hydrogen-bond acceptors (Lipinski definition) is 3. The molecule has 0 unspecified atom stereocenters. The largest absolute Gasteiger partial charge is 0.250 e. The maximum absolute atomic E-state index is 12.2. The summed E-state index contributed by atoms with van der Waals surface area (Å²) in [4.78, 5) is 0. The molecule has 0 amide bonds. The average Bonchev–Trinajstić information content (AvgIpc) is 2.59. The first-order valence-electron chi connectivity index (χ1n) is 5.54. The summed E-state index contributed by atoms with van der Waals surface area (Å²) in [5, 5.41) is 0. The van der Waals surface area contributed by atoms with Crippen molar-refractivity contribution < 1.29 is 8.42 Å². The van der Waals surface area contributed by atoms with Crippen LogP contribution in [0.25, 0.3) is 0 Å². The van der Waals surface area contributed by atoms with Crippen LogP contribution in [0.2, 0.25) is 0 Å². The van der Waals surface area contributed by atoms with Crippen molar-refractivity contribution in [3.05, 3.63) is 15.4 Å². The van der Waals surface area contributed by atoms with Gasteiger partial charge in [-0.05, 0) is 54.2 Å². The summed E-state index contributed by atoms with van der Waals surface area (Å²) in [7, 11) is -3.41. The van der Waals surface area contributed by atoms with E-state index in [4.69, 9.17) is 0 Å². The van der Waals surface area contributed by atoms with E-state index in [2.05, 4.69) is 20.7 Å². The van der Waals surface area contributed by atoms with Crippen molar-refractivity contribution in [1.82, 2.24) is 4.72 Å². The Bertz CT molecular complexity index is 470. The first-order chi connectivity index (χ1) is 7.74. The van der Waals surface area contributed by atoms with Crippen LogP contribution in [-0.2, 0) is 10.0 Å². The SMILES string of the molecule is CCC(C)(CC)NS(=O)(=O)c1cc(C)c(Br)s1. The molecule has 0 saturated carbocycles. The predicted octanol–water partition coefficient (Wildman–Crippen LogP) is 3.68. The second-order valence-corrected chi connectivity index (χ2v) is 8.67. The molecule has 0 saturated heterocycles. The van der Waals surface area contributed by atoms with Crippen LogP contribution in [0.15, 0.2) is 14.1 Å². The van der Waals surface area contributed by atoms with Crippen LogP contribution >= 0.6 is 27.3 Å². The smallest absolute Gasteiger partial charge is 0.206 e. The van der Waals surface area contributed by atoms with E-state index in [-0.39, 0.29) is 5.54 Å². The Balaban J connectivity index is 3.04. The molecule has 1 rings (SSSR count). The molecule has 1 heterocycles. The fourth-order valence-electron chi connectivity index (χ4n) is 1.33. The van der Waals surface area contributed by atoms with Gasteiger partial charge in [0.25, 0.3) is 10.0 Å². The molecule has 0 aliphatic rings. The van der Waals surface area contributed by atoms with Gasteiger partial charge in [0.1, 0.15) is 4.21 Å². The van der Waals surface area contributed by atoms with Gasteiger partial charge < -0.3 is 0 Å². The molecule has 0 fully saturated rings. The van der Waals surface area contributed by atoms with Crippen LogP contribution in [0.1, 0.15) is 39.2 Å². The Kier molecular flexibility index (Phi) is 4.80. The van der Waals surface area contributed by atoms with E-state index < -0.39 is 10.0 Å². The molecule has 98 valence electrons. The molecule has 6 heteroatoms. The lowest BCUT2D eigenvalue weighted by atomic mass is 9.98. The van der Waals surface area contributed by atoms with Crippen LogP contribution in [0.4, 0.5) is 0 Å². The van der Waals surface area contributed by atoms with E-state index in [0.29, 0.717) is 4.21 Å². The third-order valence-electron chi connectivity index (χ3n) is 3.04. The average molecular weight is 340 g/mol. The standard InChI is InChI=1S/C11H18BrNO2S2/c1-5-11(4,6-2)13-17(14,15)9-7-8(3)10(12)16-9/h7,13H,5-6H2,1-4H3. The molecule has 0 aliphatic carbocycles. The quantitative estimate of drug-likeness (QED) is 0.889. The zero-order chi connectivity index (χ0) is 13.3. The molecule has 0 spiro atoms. The summed E-state index contributed by atoms with van der Waals surface area (Å²) in [5.74, 6) is 0. The lowest BCUT2D eigenvalue weighted by molar-refractivity contribution is 0.389. The first kappa shape index (κ1) is 15.1. The highest BCUT2D eigenvalue weighted by atomic mass is 79.9. The Morgan fingerprint density at radius 2 is 1.94 bits per heavy atom. The van der Waals surface area contributed by atoms with Crippen molar-refractivity contribution in [1.29, 1.82) is 0 Å². The van der Waals surface area contributed by atoms with Gasteiger partial charge in [0.2, 0.25) is 0 Å². The Morgan fingerprint density at radius 3 is 2.29 bits per heavy atom. The van der Waals surface area contributed by atoms with Crippen molar-refractivity contribution in [3.8, 4) is 0 Å². The Hall–Kier alpha value is 0.0900. The van der Waals surface area contributed by atoms with Crippen LogP contribution < -0.4 is 4.72 Å². The van der Waals surface area contributed by atoms with Gasteiger partial charge in [0.05, 0.1) is 3.79 Å². The molecule has 1 aromatic heterocycles. The summed E-state index contributed by atoms with van der Waals surface area (Å²) >= 11 is 4.60. The Morgan fingerprint density at radius 1 is 1.41 bits per heavy atom. The van der Waals surface area contributed by atoms with Crippen LogP contribution in [0.3, 0.4) is 0 Å². The van der Waals surface area contributed by atoms with Crippen molar-refractivity contribution in [2.75, 3.05) is 0 Å². The van der Waals surface area contributed by atoms with Gasteiger partial charge in [-0.15, -0.1) is 11.3 Å². The summed E-state index contributed by atoms with van der Waals surface area (Å²) in [6.07, 6.45) is 1.54. The first-order valence-corrected chi connectivity index (χ1v) is 8.63. The summed E-state index contributed by atoms with van der Waals surface area (Å²) in [5.41, 5.74) is 0.577. The second kappa shape index (κ2) is 5.38. The second-order valence-electron chi connectivity index (χ2n) is 4.40. The van der Waals surface area contributed by atoms with E-state index in [0.717, 1.165) is 22.2 Å². The third-order valence-corrected chi connectivity index (χ3v) is 7.29. The lowest BCUT2D eigenvalue weighted by Gasteiger charge is -2.27. The molecule has 3 nitrogen and oxygen atoms in total. The van der Waals surface area contributed by atoms with E-state index in [1.54, 1.807) is 6.07 Å². The summed E-state index contributed by atoms with van der Waals surface area (Å²) in [6.45, 7) is 7.79. The van der Waals surface area contributed by atoms with Crippen LogP contribution in [-0.4, -0.2) is 14.0 Å². The number of thiophene rings is 1. The lowest BCUT2D eigenvalue weighted by Crippen LogP contribution is -2.44. The fourth-order valence-corrected chi connectivity index (χ4v) is 5.11. The molecular weight excluding hydrogens is 322 g/mol. The molecule has 0 atom stereocenters. The van der Waals surface area contributed by atoms with Gasteiger partial charge in [-0.25, -0.2) is 13.1 Å². The third kappa shape index (κ3) is 3.53. The summed E-state index contributed by atoms with van der Waals surface area (Å²) < 4.78 is 28.4. The van der Waals surface area contributed by atoms with Crippen LogP contribution in [0.5, 0.6) is 0 Å². The van der Waals surface area contributed by atoms with Gasteiger partial charge in [-0.3, -0.25) is 0 Å². The maximum Gasteiger partial charge on any atom is 0.250 e. The molecule has 17 heavy (non-hydrogen) atoms. The van der Waals surface area contributed by atoms with Crippen molar-refractivity contribution >= 4 is 37.3 Å². The number of sulfonamides is 1. The van der Waals surface area contributed by atoms with Crippen molar-refractivity contribution in [3.63, 3.8) is 0 Å². The highest BCUT2D eigenvalue weighted by molar-refractivity contribution is 9.11. The molecule has 1 N–H and O–H groups in total. The van der Waals surface area contributed by atoms with Gasteiger partial charge in [0.15, 0.2) is 0 Å². The molecule has 1 aromatic rings. The topological polar surface area (TPSA) is 46.2 Å². The van der Waals surface area contributed by atoms with Crippen molar-refractivity contribution in [2.24, 2.45) is 0 Å². The van der Waals surface area contributed by atoms with E-state index in [9.17, 15) is 8.42 Å². The molecule has 0 bridgehead atoms. The van der Waals surface area contributed by atoms with Crippen LogP contribution in [0, 0.1) is 6.92 Å². The number of halogens is 1. The molecule has 0 aromatic carbocycles. The zero-order valence-corrected chi connectivity index (χ0v) is 13.7. The van der Waals surface area contributed by atoms with Crippen molar-refractivity contribution in [2.45, 2.75) is 50.3 Å². The number of nitrogens with one attached hydrogen (secondary N) is 1. The van der Waals surface area contributed by atoms with E-state index >= 15 is 0 Å². The predicted molar refractivity (Wildman–Crippen MR) is 76.1 cm³/mol. The van der Waals surface area contributed by atoms with Gasteiger partial charge in [0, 0.05) is 5.54 Å². The number of hydrogen-bond donors (Lipinski definition) is 1. The highest BCUT2D eigenvalue weighted by Gasteiger charge is 2.28. The molecule has 0 aliphatic heterocycles. The maximum atomic E-state index is 12.2. The Labute approximate surface area is 116 Å². The van der Waals surface area contributed by atoms with Gasteiger partial charge in [-0.2, -0.15) is 0 Å².